The first-order chi connectivity index (χ1) is 9.86. The van der Waals surface area contributed by atoms with Gasteiger partial charge >= 0.3 is 0 Å². The lowest BCUT2D eigenvalue weighted by Gasteiger charge is -2.07. The molecule has 0 saturated heterocycles. The third kappa shape index (κ3) is 3.28. The Labute approximate surface area is 131 Å². The number of Topliss-reactive ketones (excluding diaryl/α,β-unsaturated/α-hetero) is 1. The highest BCUT2D eigenvalue weighted by Crippen LogP contribution is 2.40. The Morgan fingerprint density at radius 3 is 2.67 bits per heavy atom. The number of sulfone groups is 1. The quantitative estimate of drug-likeness (QED) is 0.786. The average Bonchev–Trinajstić information content (AvgIpc) is 3.03. The minimum absolute atomic E-state index is 0.0526. The molecule has 2 rings (SSSR count). The molecule has 21 heavy (non-hydrogen) atoms. The predicted octanol–water partition coefficient (Wildman–Crippen LogP) is 3.00. The average molecular weight is 344 g/mol. The van der Waals surface area contributed by atoms with Crippen LogP contribution in [0.2, 0.25) is 0 Å². The molecule has 0 fully saturated rings. The van der Waals surface area contributed by atoms with Crippen molar-refractivity contribution in [3.05, 3.63) is 27.3 Å². The van der Waals surface area contributed by atoms with Crippen LogP contribution in [0.1, 0.15) is 28.4 Å². The summed E-state index contributed by atoms with van der Waals surface area (Å²) in [5.74, 6) is -0.284. The van der Waals surface area contributed by atoms with Crippen molar-refractivity contribution < 1.29 is 13.2 Å². The highest BCUT2D eigenvalue weighted by molar-refractivity contribution is 7.92. The molecule has 0 unspecified atom stereocenters. The van der Waals surface area contributed by atoms with Gasteiger partial charge in [0.2, 0.25) is 0 Å². The van der Waals surface area contributed by atoms with Crippen molar-refractivity contribution in [3.8, 4) is 0 Å². The van der Waals surface area contributed by atoms with Crippen LogP contribution in [-0.2, 0) is 16.4 Å². The first kappa shape index (κ1) is 16.0. The zero-order chi connectivity index (χ0) is 15.6. The summed E-state index contributed by atoms with van der Waals surface area (Å²) in [7, 11) is -3.49. The second-order valence-electron chi connectivity index (χ2n) is 4.40. The molecule has 0 atom stereocenters. The first-order valence-corrected chi connectivity index (χ1v) is 9.63. The smallest absolute Gasteiger partial charge is 0.183 e. The third-order valence-corrected chi connectivity index (χ3v) is 6.99. The number of nitrogens with two attached hydrogens (primary N) is 1. The number of anilines is 2. The number of carbonyl (C=O) groups excluding carboxylic acids is 1. The van der Waals surface area contributed by atoms with Crippen molar-refractivity contribution in [2.24, 2.45) is 0 Å². The summed E-state index contributed by atoms with van der Waals surface area (Å²) in [4.78, 5) is 13.0. The lowest BCUT2D eigenvalue weighted by Crippen LogP contribution is -2.09. The lowest BCUT2D eigenvalue weighted by molar-refractivity contribution is 0.102. The molecule has 0 radical (unpaired) electrons. The molecule has 0 aliphatic carbocycles. The summed E-state index contributed by atoms with van der Waals surface area (Å²) in [5, 5.41) is 5.48. The normalized spacial score (nSPS) is 11.5. The summed E-state index contributed by atoms with van der Waals surface area (Å²) in [5.41, 5.74) is 5.95. The van der Waals surface area contributed by atoms with E-state index in [1.54, 1.807) is 18.3 Å². The number of hydrogen-bond donors (Lipinski definition) is 2. The molecule has 3 N–H and O–H groups in total. The summed E-state index contributed by atoms with van der Waals surface area (Å²) in [6.07, 6.45) is 0. The highest BCUT2D eigenvalue weighted by atomic mass is 32.2. The Bertz CT molecular complexity index is 746. The predicted molar refractivity (Wildman–Crippen MR) is 88.1 cm³/mol. The zero-order valence-electron chi connectivity index (χ0n) is 11.7. The Morgan fingerprint density at radius 2 is 2.14 bits per heavy atom. The zero-order valence-corrected chi connectivity index (χ0v) is 14.1. The highest BCUT2D eigenvalue weighted by Gasteiger charge is 2.27. The maximum absolute atomic E-state index is 12.2. The number of nitrogens with one attached hydrogen (secondary N) is 1. The first-order valence-electron chi connectivity index (χ1n) is 6.29. The molecule has 0 amide bonds. The molecule has 2 heterocycles. The Hall–Kier alpha value is -1.38. The lowest BCUT2D eigenvalue weighted by atomic mass is 10.3. The van der Waals surface area contributed by atoms with E-state index < -0.39 is 9.84 Å². The Morgan fingerprint density at radius 1 is 1.43 bits per heavy atom. The van der Waals surface area contributed by atoms with Gasteiger partial charge in [-0.15, -0.1) is 22.7 Å². The monoisotopic (exact) mass is 344 g/mol. The fourth-order valence-electron chi connectivity index (χ4n) is 1.84. The van der Waals surface area contributed by atoms with Gasteiger partial charge in [0.1, 0.15) is 9.90 Å². The van der Waals surface area contributed by atoms with Gasteiger partial charge in [-0.25, -0.2) is 8.42 Å². The van der Waals surface area contributed by atoms with Crippen molar-refractivity contribution >= 4 is 49.0 Å². The summed E-state index contributed by atoms with van der Waals surface area (Å²) in [6, 6.07) is 3.88. The number of hydrogen-bond acceptors (Lipinski definition) is 7. The number of thiophene rings is 2. The third-order valence-electron chi connectivity index (χ3n) is 2.91. The van der Waals surface area contributed by atoms with Gasteiger partial charge in [0.05, 0.1) is 22.9 Å². The van der Waals surface area contributed by atoms with Crippen LogP contribution in [0.15, 0.2) is 22.4 Å². The molecule has 114 valence electrons. The molecule has 2 aromatic heterocycles. The second kappa shape index (κ2) is 6.17. The van der Waals surface area contributed by atoms with E-state index in [2.05, 4.69) is 5.32 Å². The topological polar surface area (TPSA) is 89.3 Å². The minimum Gasteiger partial charge on any atom is -0.396 e. The SMILES string of the molecule is CCS(=O)(=O)c1c(NCc2cccs2)sc(C(C)=O)c1N. The van der Waals surface area contributed by atoms with Gasteiger partial charge in [0.25, 0.3) is 0 Å². The summed E-state index contributed by atoms with van der Waals surface area (Å²) in [6.45, 7) is 3.44. The van der Waals surface area contributed by atoms with Crippen molar-refractivity contribution in [1.29, 1.82) is 0 Å². The van der Waals surface area contributed by atoms with Gasteiger partial charge in [-0.05, 0) is 11.4 Å². The minimum atomic E-state index is -3.49. The molecule has 0 saturated carbocycles. The Balaban J connectivity index is 2.43. The van der Waals surface area contributed by atoms with Crippen LogP contribution in [0.3, 0.4) is 0 Å². The Kier molecular flexibility index (Phi) is 4.70. The summed E-state index contributed by atoms with van der Waals surface area (Å²) >= 11 is 2.67. The van der Waals surface area contributed by atoms with Gasteiger partial charge in [-0.2, -0.15) is 0 Å². The van der Waals surface area contributed by atoms with Crippen LogP contribution in [0.4, 0.5) is 10.7 Å². The summed E-state index contributed by atoms with van der Waals surface area (Å²) < 4.78 is 24.4. The van der Waals surface area contributed by atoms with Crippen LogP contribution in [0.5, 0.6) is 0 Å². The van der Waals surface area contributed by atoms with Gasteiger partial charge in [0.15, 0.2) is 15.6 Å². The molecular formula is C13H16N2O3S3. The maximum Gasteiger partial charge on any atom is 0.183 e. The van der Waals surface area contributed by atoms with Crippen molar-refractivity contribution in [3.63, 3.8) is 0 Å². The molecule has 0 aliphatic rings. The van der Waals surface area contributed by atoms with E-state index in [1.807, 2.05) is 17.5 Å². The number of nitrogen functional groups attached to an aromatic ring is 1. The van der Waals surface area contributed by atoms with Crippen LogP contribution in [0, 0.1) is 0 Å². The van der Waals surface area contributed by atoms with E-state index in [9.17, 15) is 13.2 Å². The fourth-order valence-corrected chi connectivity index (χ4v) is 5.04. The molecular weight excluding hydrogens is 328 g/mol. The number of ketones is 1. The van der Waals surface area contributed by atoms with Gasteiger partial charge < -0.3 is 11.1 Å². The second-order valence-corrected chi connectivity index (χ2v) is 8.66. The van der Waals surface area contributed by atoms with Crippen LogP contribution < -0.4 is 11.1 Å². The van der Waals surface area contributed by atoms with Crippen LogP contribution >= 0.6 is 22.7 Å². The molecule has 0 aromatic carbocycles. The van der Waals surface area contributed by atoms with Crippen LogP contribution in [-0.4, -0.2) is 20.0 Å². The van der Waals surface area contributed by atoms with E-state index in [0.29, 0.717) is 11.5 Å². The van der Waals surface area contributed by atoms with Crippen molar-refractivity contribution in [2.45, 2.75) is 25.3 Å². The molecule has 5 nitrogen and oxygen atoms in total. The van der Waals surface area contributed by atoms with E-state index in [-0.39, 0.29) is 27.0 Å². The molecule has 8 heteroatoms. The number of carbonyl (C=O) groups is 1. The molecule has 2 aromatic rings. The van der Waals surface area contributed by atoms with Gasteiger partial charge in [-0.3, -0.25) is 4.79 Å². The largest absolute Gasteiger partial charge is 0.396 e. The van der Waals surface area contributed by atoms with E-state index >= 15 is 0 Å². The van der Waals surface area contributed by atoms with Gasteiger partial charge in [0, 0.05) is 11.8 Å². The van der Waals surface area contributed by atoms with E-state index in [4.69, 9.17) is 5.73 Å². The fraction of sp³-hybridized carbons (Fsp3) is 0.308. The van der Waals surface area contributed by atoms with Crippen molar-refractivity contribution in [1.82, 2.24) is 0 Å². The standard InChI is InChI=1S/C13H16N2O3S3/c1-3-21(17,18)12-10(14)11(8(2)16)20-13(12)15-7-9-5-4-6-19-9/h4-6,15H,3,7,14H2,1-2H3. The van der Waals surface area contributed by atoms with E-state index in [1.165, 1.54) is 6.92 Å². The van der Waals surface area contributed by atoms with Crippen LogP contribution in [0.25, 0.3) is 0 Å². The molecule has 0 spiro atoms. The molecule has 0 bridgehead atoms. The maximum atomic E-state index is 12.2. The number of rotatable bonds is 6. The van der Waals surface area contributed by atoms with Crippen molar-refractivity contribution in [2.75, 3.05) is 16.8 Å². The molecule has 0 aliphatic heterocycles. The van der Waals surface area contributed by atoms with E-state index in [0.717, 1.165) is 16.2 Å². The van der Waals surface area contributed by atoms with Gasteiger partial charge in [-0.1, -0.05) is 13.0 Å².